The predicted molar refractivity (Wildman–Crippen MR) is 71.9 cm³/mol. The number of halogens is 1. The maximum atomic E-state index is 12.3. The molecule has 1 aliphatic rings. The van der Waals surface area contributed by atoms with Crippen molar-refractivity contribution >= 4 is 17.5 Å². The molecule has 0 radical (unpaired) electrons. The van der Waals surface area contributed by atoms with Crippen LogP contribution in [0.2, 0.25) is 5.02 Å². The van der Waals surface area contributed by atoms with Crippen LogP contribution in [-0.2, 0) is 0 Å². The number of rotatable bonds is 2. The molecule has 0 spiro atoms. The molecule has 1 aromatic rings. The fourth-order valence-electron chi connectivity index (χ4n) is 2.33. The average Bonchev–Trinajstić information content (AvgIpc) is 2.37. The van der Waals surface area contributed by atoms with Crippen molar-refractivity contribution in [2.24, 2.45) is 0 Å². The molecule has 98 valence electrons. The Morgan fingerprint density at radius 2 is 2.33 bits per heavy atom. The molecule has 4 nitrogen and oxygen atoms in total. The van der Waals surface area contributed by atoms with Crippen molar-refractivity contribution < 1.29 is 4.79 Å². The van der Waals surface area contributed by atoms with E-state index in [1.54, 1.807) is 18.3 Å². The summed E-state index contributed by atoms with van der Waals surface area (Å²) in [6, 6.07) is 3.70. The van der Waals surface area contributed by atoms with Crippen LogP contribution in [0.5, 0.6) is 0 Å². The number of hydrogen-bond acceptors (Lipinski definition) is 3. The minimum absolute atomic E-state index is 0.0277. The molecule has 1 aromatic heterocycles. The maximum Gasteiger partial charge on any atom is 0.272 e. The van der Waals surface area contributed by atoms with Crippen LogP contribution < -0.4 is 0 Å². The summed E-state index contributed by atoms with van der Waals surface area (Å²) in [6.07, 6.45) is 1.57. The molecule has 1 saturated heterocycles. The lowest BCUT2D eigenvalue weighted by atomic mass is 10.2. The largest absolute Gasteiger partial charge is 0.334 e. The lowest BCUT2D eigenvalue weighted by Gasteiger charge is -2.39. The number of aromatic nitrogens is 1. The molecular weight excluding hydrogens is 250 g/mol. The topological polar surface area (TPSA) is 36.4 Å². The van der Waals surface area contributed by atoms with Gasteiger partial charge in [0.2, 0.25) is 0 Å². The van der Waals surface area contributed by atoms with Crippen molar-refractivity contribution in [2.45, 2.75) is 19.9 Å². The van der Waals surface area contributed by atoms with E-state index in [2.05, 4.69) is 23.7 Å². The fraction of sp³-hybridized carbons (Fsp3) is 0.538. The van der Waals surface area contributed by atoms with Gasteiger partial charge in [0.1, 0.15) is 5.69 Å². The summed E-state index contributed by atoms with van der Waals surface area (Å²) >= 11 is 5.88. The van der Waals surface area contributed by atoms with Gasteiger partial charge in [-0.15, -0.1) is 0 Å². The Balaban J connectivity index is 2.07. The number of carbonyl (C=O) groups is 1. The molecule has 1 atom stereocenters. The first kappa shape index (κ1) is 13.3. The molecule has 1 amide bonds. The number of nitrogens with zero attached hydrogens (tertiary/aromatic N) is 3. The van der Waals surface area contributed by atoms with Gasteiger partial charge < -0.3 is 4.90 Å². The van der Waals surface area contributed by atoms with Crippen LogP contribution in [0.25, 0.3) is 0 Å². The van der Waals surface area contributed by atoms with E-state index in [0.717, 1.165) is 26.2 Å². The van der Waals surface area contributed by atoms with Crippen LogP contribution in [0.3, 0.4) is 0 Å². The zero-order chi connectivity index (χ0) is 13.1. The smallest absolute Gasteiger partial charge is 0.272 e. The third-order valence-electron chi connectivity index (χ3n) is 3.40. The molecule has 1 fully saturated rings. The van der Waals surface area contributed by atoms with Gasteiger partial charge in [0, 0.05) is 36.9 Å². The predicted octanol–water partition coefficient (Wildman–Crippen LogP) is 1.90. The van der Waals surface area contributed by atoms with Crippen LogP contribution in [0.4, 0.5) is 0 Å². The summed E-state index contributed by atoms with van der Waals surface area (Å²) in [5, 5.41) is 0.550. The lowest BCUT2D eigenvalue weighted by Crippen LogP contribution is -2.53. The summed E-state index contributed by atoms with van der Waals surface area (Å²) in [4.78, 5) is 20.6. The van der Waals surface area contributed by atoms with Gasteiger partial charge in [-0.05, 0) is 25.6 Å². The first-order valence-electron chi connectivity index (χ1n) is 6.26. The van der Waals surface area contributed by atoms with Gasteiger partial charge in [-0.2, -0.15) is 0 Å². The summed E-state index contributed by atoms with van der Waals surface area (Å²) in [6.45, 7) is 7.75. The number of hydrogen-bond donors (Lipinski definition) is 0. The quantitative estimate of drug-likeness (QED) is 0.821. The van der Waals surface area contributed by atoms with E-state index in [9.17, 15) is 4.79 Å². The van der Waals surface area contributed by atoms with Gasteiger partial charge in [0.15, 0.2) is 0 Å². The van der Waals surface area contributed by atoms with Gasteiger partial charge in [0.25, 0.3) is 5.91 Å². The Labute approximate surface area is 113 Å². The minimum Gasteiger partial charge on any atom is -0.334 e. The van der Waals surface area contributed by atoms with Gasteiger partial charge in [-0.25, -0.2) is 0 Å². The first-order valence-corrected chi connectivity index (χ1v) is 6.64. The lowest BCUT2D eigenvalue weighted by molar-refractivity contribution is 0.0523. The molecule has 1 aliphatic heterocycles. The summed E-state index contributed by atoms with van der Waals surface area (Å²) in [5.41, 5.74) is 0.430. The van der Waals surface area contributed by atoms with Crippen LogP contribution >= 0.6 is 11.6 Å². The number of likely N-dealkylation sites (N-methyl/N-ethyl adjacent to an activating group) is 1. The monoisotopic (exact) mass is 267 g/mol. The fourth-order valence-corrected chi connectivity index (χ4v) is 2.49. The Hall–Kier alpha value is -1.13. The zero-order valence-electron chi connectivity index (χ0n) is 10.8. The summed E-state index contributed by atoms with van der Waals surface area (Å²) in [5.74, 6) is -0.0277. The van der Waals surface area contributed by atoms with E-state index in [1.807, 2.05) is 4.90 Å². The van der Waals surface area contributed by atoms with Crippen molar-refractivity contribution in [2.75, 3.05) is 26.2 Å². The number of pyridine rings is 1. The van der Waals surface area contributed by atoms with Gasteiger partial charge >= 0.3 is 0 Å². The maximum absolute atomic E-state index is 12.3. The van der Waals surface area contributed by atoms with Crippen LogP contribution in [0.15, 0.2) is 18.3 Å². The number of carbonyl (C=O) groups excluding carboxylic acids is 1. The molecule has 1 unspecified atom stereocenters. The van der Waals surface area contributed by atoms with Crippen molar-refractivity contribution in [3.8, 4) is 0 Å². The third kappa shape index (κ3) is 2.82. The molecule has 5 heteroatoms. The van der Waals surface area contributed by atoms with Crippen molar-refractivity contribution in [3.05, 3.63) is 29.0 Å². The second-order valence-electron chi connectivity index (χ2n) is 4.59. The highest BCUT2D eigenvalue weighted by Gasteiger charge is 2.26. The molecule has 2 rings (SSSR count). The number of amides is 1. The molecule has 0 aromatic carbocycles. The van der Waals surface area contributed by atoms with Crippen molar-refractivity contribution in [1.82, 2.24) is 14.8 Å². The van der Waals surface area contributed by atoms with Gasteiger partial charge in [0.05, 0.1) is 0 Å². The van der Waals surface area contributed by atoms with Gasteiger partial charge in [-0.3, -0.25) is 14.7 Å². The van der Waals surface area contributed by atoms with E-state index >= 15 is 0 Å². The highest BCUT2D eigenvalue weighted by atomic mass is 35.5. The average molecular weight is 268 g/mol. The molecule has 0 aliphatic carbocycles. The highest BCUT2D eigenvalue weighted by molar-refractivity contribution is 6.30. The Kier molecular flexibility index (Phi) is 4.19. The van der Waals surface area contributed by atoms with Crippen LogP contribution in [-0.4, -0.2) is 52.9 Å². The minimum atomic E-state index is -0.0277. The summed E-state index contributed by atoms with van der Waals surface area (Å²) < 4.78 is 0. The Morgan fingerprint density at radius 3 is 2.94 bits per heavy atom. The highest BCUT2D eigenvalue weighted by Crippen LogP contribution is 2.14. The first-order chi connectivity index (χ1) is 8.61. The molecule has 0 bridgehead atoms. The summed E-state index contributed by atoms with van der Waals surface area (Å²) in [7, 11) is 0. The molecule has 18 heavy (non-hydrogen) atoms. The molecular formula is C13H18ClN3O. The third-order valence-corrected chi connectivity index (χ3v) is 3.63. The van der Waals surface area contributed by atoms with E-state index in [4.69, 9.17) is 11.6 Å². The zero-order valence-corrected chi connectivity index (χ0v) is 11.5. The second-order valence-corrected chi connectivity index (χ2v) is 5.02. The number of piperazine rings is 1. The Bertz CT molecular complexity index is 438. The van der Waals surface area contributed by atoms with Crippen LogP contribution in [0, 0.1) is 0 Å². The van der Waals surface area contributed by atoms with E-state index in [0.29, 0.717) is 16.8 Å². The van der Waals surface area contributed by atoms with Crippen molar-refractivity contribution in [3.63, 3.8) is 0 Å². The molecule has 0 saturated carbocycles. The normalized spacial score (nSPS) is 21.1. The van der Waals surface area contributed by atoms with Crippen molar-refractivity contribution in [1.29, 1.82) is 0 Å². The van der Waals surface area contributed by atoms with E-state index in [-0.39, 0.29) is 5.91 Å². The van der Waals surface area contributed by atoms with E-state index in [1.165, 1.54) is 0 Å². The van der Waals surface area contributed by atoms with Gasteiger partial charge in [-0.1, -0.05) is 18.5 Å². The SMILES string of the molecule is CCN1CCN(C(=O)c2cc(Cl)ccn2)CC1C. The standard InChI is InChI=1S/C13H18ClN3O/c1-3-16-6-7-17(9-10(16)2)13(18)12-8-11(14)4-5-15-12/h4-5,8,10H,3,6-7,9H2,1-2H3. The second kappa shape index (κ2) is 5.67. The van der Waals surface area contributed by atoms with E-state index < -0.39 is 0 Å². The van der Waals surface area contributed by atoms with Crippen LogP contribution in [0.1, 0.15) is 24.3 Å². The Morgan fingerprint density at radius 1 is 1.56 bits per heavy atom. The molecule has 0 N–H and O–H groups in total. The molecule has 2 heterocycles.